The highest BCUT2D eigenvalue weighted by Crippen LogP contribution is 2.46. The first-order valence-electron chi connectivity index (χ1n) is 24.2. The predicted octanol–water partition coefficient (Wildman–Crippen LogP) is 17.0. The Kier molecular flexibility index (Phi) is 11.1. The van der Waals surface area contributed by atoms with Gasteiger partial charge < -0.3 is 4.57 Å². The van der Waals surface area contributed by atoms with E-state index in [0.29, 0.717) is 17.5 Å². The summed E-state index contributed by atoms with van der Waals surface area (Å²) in [5.74, 6) is 1.94. The van der Waals surface area contributed by atoms with Gasteiger partial charge in [0.2, 0.25) is 0 Å². The summed E-state index contributed by atoms with van der Waals surface area (Å²) < 4.78 is 2.56. The molecule has 1 atom stereocenters. The average Bonchev–Trinajstić information content (AvgIpc) is 3.71. The molecule has 0 radical (unpaired) electrons. The molecule has 2 aromatic heterocycles. The van der Waals surface area contributed by atoms with Gasteiger partial charge in [-0.3, -0.25) is 0 Å². The normalized spacial score (nSPS) is 14.1. The zero-order chi connectivity index (χ0) is 47.3. The van der Waals surface area contributed by atoms with Crippen molar-refractivity contribution in [2.24, 2.45) is 0 Å². The van der Waals surface area contributed by atoms with Gasteiger partial charge in [0, 0.05) is 38.9 Å². The topological polar surface area (TPSA) is 43.6 Å². The molecule has 0 fully saturated rings. The van der Waals surface area contributed by atoms with Gasteiger partial charge in [-0.05, 0) is 98.2 Å². The standard InChI is InChI=1S/C65H56N4/c1-64(2,3)52-35-37-58-56(41-52)57-42-53(65(4,5)6)36-38-59(57)69(58)60-54(47-31-27-45(28-32-47)43-19-11-7-12-20-43)39-51(40-55(60)48-33-29-46(30-34-48)44-21-13-8-14-22-44)63-67-61(49-23-15-9-16-24-49)66-62(68-63)50-25-17-10-18-26-50/h7-33,35-42,48H,34H2,1-6H3. The molecule has 1 aliphatic carbocycles. The molecule has 0 amide bonds. The summed E-state index contributed by atoms with van der Waals surface area (Å²) in [6.07, 6.45) is 7.96. The maximum Gasteiger partial charge on any atom is 0.164 e. The molecular formula is C65H56N4. The van der Waals surface area contributed by atoms with E-state index in [4.69, 9.17) is 15.0 Å². The predicted molar refractivity (Wildman–Crippen MR) is 290 cm³/mol. The molecule has 11 rings (SSSR count). The van der Waals surface area contributed by atoms with E-state index < -0.39 is 0 Å². The van der Waals surface area contributed by atoms with E-state index in [1.54, 1.807) is 0 Å². The third-order valence-corrected chi connectivity index (χ3v) is 13.7. The van der Waals surface area contributed by atoms with Gasteiger partial charge in [-0.1, -0.05) is 217 Å². The summed E-state index contributed by atoms with van der Waals surface area (Å²) in [6.45, 7) is 13.8. The maximum atomic E-state index is 5.32. The smallest absolute Gasteiger partial charge is 0.164 e. The van der Waals surface area contributed by atoms with Crippen LogP contribution in [0.25, 0.3) is 89.5 Å². The molecule has 4 nitrogen and oxygen atoms in total. The van der Waals surface area contributed by atoms with E-state index in [-0.39, 0.29) is 16.7 Å². The zero-order valence-corrected chi connectivity index (χ0v) is 40.3. The first-order chi connectivity index (χ1) is 33.5. The second kappa shape index (κ2) is 17.6. The molecule has 2 heterocycles. The number of rotatable bonds is 8. The van der Waals surface area contributed by atoms with Crippen molar-refractivity contribution in [1.82, 2.24) is 19.5 Å². The van der Waals surface area contributed by atoms with Crippen molar-refractivity contribution < 1.29 is 0 Å². The number of hydrogen-bond donors (Lipinski definition) is 0. The monoisotopic (exact) mass is 892 g/mol. The largest absolute Gasteiger partial charge is 0.308 e. The van der Waals surface area contributed by atoms with Gasteiger partial charge in [0.05, 0.1) is 16.7 Å². The van der Waals surface area contributed by atoms with Crippen LogP contribution in [-0.4, -0.2) is 19.5 Å². The Morgan fingerprint density at radius 2 is 0.855 bits per heavy atom. The second-order valence-corrected chi connectivity index (χ2v) is 20.5. The lowest BCUT2D eigenvalue weighted by Gasteiger charge is -2.26. The first-order valence-corrected chi connectivity index (χ1v) is 24.2. The lowest BCUT2D eigenvalue weighted by Crippen LogP contribution is -2.11. The minimum Gasteiger partial charge on any atom is -0.308 e. The highest BCUT2D eigenvalue weighted by Gasteiger charge is 2.28. The van der Waals surface area contributed by atoms with Crippen molar-refractivity contribution in [1.29, 1.82) is 0 Å². The molecule has 336 valence electrons. The van der Waals surface area contributed by atoms with Crippen LogP contribution in [-0.2, 0) is 10.8 Å². The fourth-order valence-electron chi connectivity index (χ4n) is 9.84. The minimum atomic E-state index is -0.0276. The van der Waals surface area contributed by atoms with Crippen molar-refractivity contribution in [2.75, 3.05) is 0 Å². The van der Waals surface area contributed by atoms with Gasteiger partial charge in [0.1, 0.15) is 0 Å². The van der Waals surface area contributed by atoms with E-state index in [1.165, 1.54) is 60.8 Å². The number of fused-ring (bicyclic) bond motifs is 3. The molecular weight excluding hydrogens is 837 g/mol. The van der Waals surface area contributed by atoms with E-state index in [9.17, 15) is 0 Å². The van der Waals surface area contributed by atoms with Gasteiger partial charge in [0.25, 0.3) is 0 Å². The van der Waals surface area contributed by atoms with E-state index >= 15 is 0 Å². The summed E-state index contributed by atoms with van der Waals surface area (Å²) in [5, 5.41) is 2.51. The molecule has 69 heavy (non-hydrogen) atoms. The van der Waals surface area contributed by atoms with Gasteiger partial charge in [-0.15, -0.1) is 0 Å². The van der Waals surface area contributed by atoms with Crippen molar-refractivity contribution in [3.05, 3.63) is 235 Å². The Morgan fingerprint density at radius 1 is 0.420 bits per heavy atom. The quantitative estimate of drug-likeness (QED) is 0.153. The Balaban J connectivity index is 1.23. The van der Waals surface area contributed by atoms with Crippen LogP contribution in [0, 0.1) is 0 Å². The summed E-state index contributed by atoms with van der Waals surface area (Å²) in [6, 6.07) is 70.0. The van der Waals surface area contributed by atoms with Crippen LogP contribution in [0.15, 0.2) is 212 Å². The molecule has 0 saturated carbocycles. The van der Waals surface area contributed by atoms with Gasteiger partial charge in [-0.2, -0.15) is 0 Å². The van der Waals surface area contributed by atoms with Crippen LogP contribution in [0.2, 0.25) is 0 Å². The highest BCUT2D eigenvalue weighted by molar-refractivity contribution is 6.11. The molecule has 0 N–H and O–H groups in total. The average molecular weight is 893 g/mol. The minimum absolute atomic E-state index is 0.0276. The number of aromatic nitrogens is 4. The molecule has 10 aromatic rings. The van der Waals surface area contributed by atoms with Crippen LogP contribution in [0.1, 0.15) is 76.1 Å². The Bertz CT molecular complexity index is 3420. The third kappa shape index (κ3) is 8.53. The lowest BCUT2D eigenvalue weighted by molar-refractivity contribution is 0.590. The molecule has 0 saturated heterocycles. The van der Waals surface area contributed by atoms with Crippen LogP contribution in [0.4, 0.5) is 0 Å². The SMILES string of the molecule is CC(C)(C)c1ccc2c(c1)c1cc(C(C)(C)C)ccc1n2-c1c(-c2ccc(-c3ccccc3)cc2)cc(-c2nc(-c3ccccc3)nc(-c3ccccc3)n2)cc1C1C=CC(c2ccccc2)=CC1. The van der Waals surface area contributed by atoms with Crippen LogP contribution in [0.3, 0.4) is 0 Å². The Morgan fingerprint density at radius 3 is 1.32 bits per heavy atom. The molecule has 0 spiro atoms. The van der Waals surface area contributed by atoms with Crippen molar-refractivity contribution >= 4 is 27.4 Å². The van der Waals surface area contributed by atoms with Crippen molar-refractivity contribution in [3.8, 4) is 62.1 Å². The van der Waals surface area contributed by atoms with Crippen molar-refractivity contribution in [2.45, 2.75) is 64.7 Å². The Labute approximate surface area is 406 Å². The number of allylic oxidation sites excluding steroid dienone is 4. The van der Waals surface area contributed by atoms with E-state index in [2.05, 4.69) is 222 Å². The molecule has 1 aliphatic rings. The van der Waals surface area contributed by atoms with Gasteiger partial charge in [-0.25, -0.2) is 15.0 Å². The summed E-state index contributed by atoms with van der Waals surface area (Å²) >= 11 is 0. The second-order valence-electron chi connectivity index (χ2n) is 20.5. The summed E-state index contributed by atoms with van der Waals surface area (Å²) in [5.41, 5.74) is 17.1. The van der Waals surface area contributed by atoms with Crippen LogP contribution in [0.5, 0.6) is 0 Å². The number of hydrogen-bond acceptors (Lipinski definition) is 3. The highest BCUT2D eigenvalue weighted by atomic mass is 15.0. The fraction of sp³-hybridized carbons (Fsp3) is 0.154. The lowest BCUT2D eigenvalue weighted by atomic mass is 9.84. The Hall–Kier alpha value is -7.95. The molecule has 8 aromatic carbocycles. The van der Waals surface area contributed by atoms with E-state index in [1.807, 2.05) is 36.4 Å². The molecule has 4 heteroatoms. The van der Waals surface area contributed by atoms with Crippen molar-refractivity contribution in [3.63, 3.8) is 0 Å². The molecule has 0 aliphatic heterocycles. The number of nitrogens with zero attached hydrogens (tertiary/aromatic N) is 4. The molecule has 0 bridgehead atoms. The number of benzene rings is 8. The van der Waals surface area contributed by atoms with Crippen LogP contribution >= 0.6 is 0 Å². The van der Waals surface area contributed by atoms with Gasteiger partial charge in [0.15, 0.2) is 17.5 Å². The van der Waals surface area contributed by atoms with Crippen LogP contribution < -0.4 is 0 Å². The van der Waals surface area contributed by atoms with Gasteiger partial charge >= 0.3 is 0 Å². The third-order valence-electron chi connectivity index (χ3n) is 13.7. The molecule has 1 unspecified atom stereocenters. The first kappa shape index (κ1) is 43.6. The fourth-order valence-corrected chi connectivity index (χ4v) is 9.84. The maximum absolute atomic E-state index is 5.32. The van der Waals surface area contributed by atoms with E-state index in [0.717, 1.165) is 39.9 Å². The zero-order valence-electron chi connectivity index (χ0n) is 40.3. The summed E-state index contributed by atoms with van der Waals surface area (Å²) in [7, 11) is 0. The summed E-state index contributed by atoms with van der Waals surface area (Å²) in [4.78, 5) is 15.7.